The Morgan fingerprint density at radius 1 is 1.07 bits per heavy atom. The molecule has 1 aromatic heterocycles. The first kappa shape index (κ1) is 21.0. The fourth-order valence-corrected chi connectivity index (χ4v) is 3.81. The summed E-state index contributed by atoms with van der Waals surface area (Å²) in [7, 11) is 0. The Morgan fingerprint density at radius 2 is 1.72 bits per heavy atom. The van der Waals surface area contributed by atoms with Crippen LogP contribution in [-0.2, 0) is 0 Å². The predicted octanol–water partition coefficient (Wildman–Crippen LogP) is 3.70. The quantitative estimate of drug-likeness (QED) is 0.710. The second kappa shape index (κ2) is 9.20. The lowest BCUT2D eigenvalue weighted by atomic mass is 9.97. The molecular weight excluding hydrogens is 386 g/mol. The lowest BCUT2D eigenvalue weighted by Crippen LogP contribution is -2.51. The van der Waals surface area contributed by atoms with E-state index in [4.69, 9.17) is 5.73 Å². The number of nitrogens with zero attached hydrogens (tertiary/aromatic N) is 4. The summed E-state index contributed by atoms with van der Waals surface area (Å²) in [5.41, 5.74) is 7.94. The Hall–Kier alpha value is -2.70. The zero-order valence-electron chi connectivity index (χ0n) is 16.4. The zero-order valence-corrected chi connectivity index (χ0v) is 17.3. The molecule has 4 rings (SSSR count). The lowest BCUT2D eigenvalue weighted by Gasteiger charge is -2.37. The molecular formula is C22H26ClN5O. The smallest absolute Gasteiger partial charge is 0.293 e. The van der Waals surface area contributed by atoms with Crippen molar-refractivity contribution in [3.05, 3.63) is 66.5 Å². The van der Waals surface area contributed by atoms with Gasteiger partial charge in [0.2, 0.25) is 5.82 Å². The van der Waals surface area contributed by atoms with Crippen molar-refractivity contribution in [2.24, 2.45) is 5.73 Å². The number of likely N-dealkylation sites (tertiary alicyclic amines) is 1. The van der Waals surface area contributed by atoms with Gasteiger partial charge in [0.1, 0.15) is 0 Å². The van der Waals surface area contributed by atoms with Crippen LogP contribution in [0.2, 0.25) is 0 Å². The maximum atomic E-state index is 13.3. The summed E-state index contributed by atoms with van der Waals surface area (Å²) in [4.78, 5) is 19.8. The van der Waals surface area contributed by atoms with E-state index in [-0.39, 0.29) is 36.2 Å². The average molecular weight is 412 g/mol. The van der Waals surface area contributed by atoms with Gasteiger partial charge in [0.15, 0.2) is 5.82 Å². The number of hydrogen-bond donors (Lipinski definition) is 1. The van der Waals surface area contributed by atoms with E-state index in [2.05, 4.69) is 10.1 Å². The van der Waals surface area contributed by atoms with Gasteiger partial charge in [0.05, 0.1) is 5.69 Å². The van der Waals surface area contributed by atoms with Crippen molar-refractivity contribution in [3.8, 4) is 17.1 Å². The van der Waals surface area contributed by atoms with Gasteiger partial charge in [-0.05, 0) is 38.3 Å². The van der Waals surface area contributed by atoms with E-state index < -0.39 is 0 Å². The van der Waals surface area contributed by atoms with E-state index in [1.165, 1.54) is 0 Å². The molecule has 0 saturated carbocycles. The van der Waals surface area contributed by atoms with Crippen LogP contribution in [0.15, 0.2) is 60.7 Å². The largest absolute Gasteiger partial charge is 0.331 e. The van der Waals surface area contributed by atoms with Crippen LogP contribution in [-0.4, -0.2) is 44.2 Å². The number of rotatable bonds is 4. The Labute approximate surface area is 177 Å². The van der Waals surface area contributed by atoms with E-state index in [1.807, 2.05) is 72.5 Å². The Bertz CT molecular complexity index is 885. The van der Waals surface area contributed by atoms with Crippen molar-refractivity contribution in [1.29, 1.82) is 0 Å². The molecule has 2 aromatic carbocycles. The molecule has 7 heteroatoms. The molecule has 2 heterocycles. The second-order valence-electron chi connectivity index (χ2n) is 7.29. The molecule has 1 aliphatic heterocycles. The number of carbonyl (C=O) groups excluding carboxylic acids is 1. The first-order chi connectivity index (χ1) is 13.6. The van der Waals surface area contributed by atoms with E-state index in [1.54, 1.807) is 4.68 Å². The van der Waals surface area contributed by atoms with Crippen LogP contribution in [0, 0.1) is 0 Å². The fourth-order valence-electron chi connectivity index (χ4n) is 3.81. The summed E-state index contributed by atoms with van der Waals surface area (Å²) >= 11 is 0. The molecule has 6 nitrogen and oxygen atoms in total. The summed E-state index contributed by atoms with van der Waals surface area (Å²) in [6.07, 6.45) is 3.01. The normalized spacial score (nSPS) is 17.4. The number of halogens is 1. The average Bonchev–Trinajstić information content (AvgIpc) is 3.20. The highest BCUT2D eigenvalue weighted by Crippen LogP contribution is 2.24. The van der Waals surface area contributed by atoms with E-state index in [0.29, 0.717) is 12.4 Å². The summed E-state index contributed by atoms with van der Waals surface area (Å²) < 4.78 is 1.74. The van der Waals surface area contributed by atoms with Gasteiger partial charge in [0, 0.05) is 24.2 Å². The van der Waals surface area contributed by atoms with Gasteiger partial charge in [-0.15, -0.1) is 17.5 Å². The predicted molar refractivity (Wildman–Crippen MR) is 116 cm³/mol. The van der Waals surface area contributed by atoms with Crippen molar-refractivity contribution in [2.45, 2.75) is 38.3 Å². The molecule has 152 valence electrons. The monoisotopic (exact) mass is 411 g/mol. The number of amides is 1. The number of para-hydroxylation sites is 1. The van der Waals surface area contributed by atoms with Gasteiger partial charge in [-0.3, -0.25) is 4.79 Å². The Kier molecular flexibility index (Phi) is 6.67. The van der Waals surface area contributed by atoms with Crippen LogP contribution < -0.4 is 5.73 Å². The van der Waals surface area contributed by atoms with Gasteiger partial charge in [-0.1, -0.05) is 48.5 Å². The molecule has 2 unspecified atom stereocenters. The Morgan fingerprint density at radius 3 is 2.38 bits per heavy atom. The summed E-state index contributed by atoms with van der Waals surface area (Å²) in [5.74, 6) is 0.730. The summed E-state index contributed by atoms with van der Waals surface area (Å²) in [5, 5.41) is 4.60. The van der Waals surface area contributed by atoms with Gasteiger partial charge in [-0.2, -0.15) is 0 Å². The van der Waals surface area contributed by atoms with Crippen molar-refractivity contribution in [2.75, 3.05) is 6.54 Å². The van der Waals surface area contributed by atoms with Gasteiger partial charge in [-0.25, -0.2) is 9.67 Å². The minimum absolute atomic E-state index is 0. The maximum absolute atomic E-state index is 13.3. The molecule has 1 fully saturated rings. The van der Waals surface area contributed by atoms with Crippen LogP contribution in [0.5, 0.6) is 0 Å². The molecule has 1 saturated heterocycles. The van der Waals surface area contributed by atoms with Crippen LogP contribution >= 0.6 is 12.4 Å². The molecule has 1 aliphatic rings. The molecule has 0 aliphatic carbocycles. The minimum Gasteiger partial charge on any atom is -0.331 e. The summed E-state index contributed by atoms with van der Waals surface area (Å²) in [6, 6.07) is 19.5. The molecule has 0 radical (unpaired) electrons. The van der Waals surface area contributed by atoms with Gasteiger partial charge in [0.25, 0.3) is 5.91 Å². The van der Waals surface area contributed by atoms with E-state index in [0.717, 1.165) is 30.5 Å². The van der Waals surface area contributed by atoms with Gasteiger partial charge < -0.3 is 10.6 Å². The molecule has 2 atom stereocenters. The van der Waals surface area contributed by atoms with Crippen LogP contribution in [0.1, 0.15) is 36.8 Å². The highest BCUT2D eigenvalue weighted by atomic mass is 35.5. The third-order valence-electron chi connectivity index (χ3n) is 5.25. The van der Waals surface area contributed by atoms with Crippen molar-refractivity contribution in [3.63, 3.8) is 0 Å². The number of piperidine rings is 1. The Balaban J connectivity index is 0.00000240. The number of hydrogen-bond acceptors (Lipinski definition) is 4. The molecule has 0 spiro atoms. The molecule has 3 aromatic rings. The van der Waals surface area contributed by atoms with E-state index in [9.17, 15) is 4.79 Å². The first-order valence-corrected chi connectivity index (χ1v) is 9.79. The minimum atomic E-state index is -0.145. The molecule has 1 amide bonds. The fraction of sp³-hybridized carbons (Fsp3) is 0.318. The van der Waals surface area contributed by atoms with Crippen molar-refractivity contribution in [1.82, 2.24) is 19.7 Å². The highest BCUT2D eigenvalue weighted by molar-refractivity contribution is 5.91. The number of aromatic nitrogens is 3. The molecule has 29 heavy (non-hydrogen) atoms. The van der Waals surface area contributed by atoms with Crippen LogP contribution in [0.25, 0.3) is 17.1 Å². The SMILES string of the molecule is CC(N)C1CCCCN1C(=O)c1nc(-c2ccccc2)n(-c2ccccc2)n1.Cl. The first-order valence-electron chi connectivity index (χ1n) is 9.79. The lowest BCUT2D eigenvalue weighted by molar-refractivity contribution is 0.0571. The third kappa shape index (κ3) is 4.33. The summed E-state index contributed by atoms with van der Waals surface area (Å²) in [6.45, 7) is 2.66. The highest BCUT2D eigenvalue weighted by Gasteiger charge is 2.32. The van der Waals surface area contributed by atoms with Crippen LogP contribution in [0.4, 0.5) is 0 Å². The van der Waals surface area contributed by atoms with E-state index >= 15 is 0 Å². The number of benzene rings is 2. The molecule has 0 bridgehead atoms. The number of nitrogens with two attached hydrogens (primary N) is 1. The topological polar surface area (TPSA) is 77.0 Å². The van der Waals surface area contributed by atoms with Gasteiger partial charge >= 0.3 is 0 Å². The maximum Gasteiger partial charge on any atom is 0.293 e. The zero-order chi connectivity index (χ0) is 19.5. The number of carbonyl (C=O) groups is 1. The second-order valence-corrected chi connectivity index (χ2v) is 7.29. The van der Waals surface area contributed by atoms with Crippen molar-refractivity contribution >= 4 is 18.3 Å². The third-order valence-corrected chi connectivity index (χ3v) is 5.25. The standard InChI is InChI=1S/C22H25N5O.ClH/c1-16(23)19-14-8-9-15-26(19)22(28)20-24-21(17-10-4-2-5-11-17)27(25-20)18-12-6-3-7-13-18;/h2-7,10-13,16,19H,8-9,14-15,23H2,1H3;1H. The molecule has 2 N–H and O–H groups in total. The van der Waals surface area contributed by atoms with Crippen molar-refractivity contribution < 1.29 is 4.79 Å². The van der Waals surface area contributed by atoms with Crippen LogP contribution in [0.3, 0.4) is 0 Å².